The van der Waals surface area contributed by atoms with Crippen LogP contribution in [0.5, 0.6) is 11.5 Å². The molecule has 15 heavy (non-hydrogen) atoms. The number of methoxy groups -OCH3 is 2. The molecule has 1 N–H and O–H groups in total. The van der Waals surface area contributed by atoms with E-state index < -0.39 is 0 Å². The van der Waals surface area contributed by atoms with Crippen LogP contribution in [0.2, 0.25) is 0 Å². The Morgan fingerprint density at radius 2 is 2.07 bits per heavy atom. The molecule has 0 saturated carbocycles. The van der Waals surface area contributed by atoms with Gasteiger partial charge in [0.15, 0.2) is 0 Å². The third-order valence-electron chi connectivity index (χ3n) is 1.86. The van der Waals surface area contributed by atoms with Gasteiger partial charge >= 0.3 is 0 Å². The quantitative estimate of drug-likeness (QED) is 0.743. The zero-order chi connectivity index (χ0) is 11.1. The van der Waals surface area contributed by atoms with Crippen molar-refractivity contribution in [2.75, 3.05) is 14.2 Å². The van der Waals surface area contributed by atoms with Gasteiger partial charge in [-0.1, -0.05) is 0 Å². The minimum Gasteiger partial charge on any atom is -0.497 e. The monoisotopic (exact) mass is 207 g/mol. The van der Waals surface area contributed by atoms with Crippen LogP contribution in [0.25, 0.3) is 6.08 Å². The van der Waals surface area contributed by atoms with Crippen LogP contribution in [0, 0.1) is 0 Å². The maximum Gasteiger partial charge on any atom is 0.211 e. The first-order valence-electron chi connectivity index (χ1n) is 4.40. The number of rotatable bonds is 5. The van der Waals surface area contributed by atoms with Crippen molar-refractivity contribution in [2.24, 2.45) is 0 Å². The van der Waals surface area contributed by atoms with Crippen molar-refractivity contribution >= 4 is 12.5 Å². The van der Waals surface area contributed by atoms with Crippen LogP contribution in [-0.2, 0) is 4.79 Å². The lowest BCUT2D eigenvalue weighted by atomic mass is 10.2. The highest BCUT2D eigenvalue weighted by Gasteiger charge is 2.00. The average Bonchev–Trinajstić information content (AvgIpc) is 2.29. The summed E-state index contributed by atoms with van der Waals surface area (Å²) >= 11 is 0. The largest absolute Gasteiger partial charge is 0.497 e. The molecule has 0 aromatic heterocycles. The van der Waals surface area contributed by atoms with Crippen LogP contribution in [0.1, 0.15) is 5.56 Å². The summed E-state index contributed by atoms with van der Waals surface area (Å²) in [5.41, 5.74) is 0.839. The summed E-state index contributed by atoms with van der Waals surface area (Å²) in [5, 5.41) is 2.43. The average molecular weight is 207 g/mol. The van der Waals surface area contributed by atoms with Gasteiger partial charge in [-0.25, -0.2) is 0 Å². The summed E-state index contributed by atoms with van der Waals surface area (Å²) in [7, 11) is 3.19. The highest BCUT2D eigenvalue weighted by atomic mass is 16.5. The van der Waals surface area contributed by atoms with Crippen molar-refractivity contribution in [1.29, 1.82) is 0 Å². The molecule has 4 nitrogen and oxygen atoms in total. The number of hydrogen-bond donors (Lipinski definition) is 1. The lowest BCUT2D eigenvalue weighted by Gasteiger charge is -2.06. The van der Waals surface area contributed by atoms with Crippen LogP contribution in [0.3, 0.4) is 0 Å². The second kappa shape index (κ2) is 5.70. The normalized spacial score (nSPS) is 10.0. The van der Waals surface area contributed by atoms with E-state index in [1.807, 2.05) is 12.1 Å². The van der Waals surface area contributed by atoms with E-state index >= 15 is 0 Å². The van der Waals surface area contributed by atoms with Crippen LogP contribution in [-0.4, -0.2) is 20.6 Å². The molecule has 1 amide bonds. The minimum atomic E-state index is 0.600. The van der Waals surface area contributed by atoms with Crippen molar-refractivity contribution < 1.29 is 14.3 Å². The summed E-state index contributed by atoms with van der Waals surface area (Å²) in [6.07, 6.45) is 3.86. The van der Waals surface area contributed by atoms with E-state index in [0.29, 0.717) is 6.41 Å². The fourth-order valence-corrected chi connectivity index (χ4v) is 1.15. The van der Waals surface area contributed by atoms with E-state index in [0.717, 1.165) is 17.1 Å². The van der Waals surface area contributed by atoms with E-state index in [2.05, 4.69) is 5.32 Å². The highest BCUT2D eigenvalue weighted by molar-refractivity contribution is 5.61. The van der Waals surface area contributed by atoms with Crippen molar-refractivity contribution in [1.82, 2.24) is 5.32 Å². The standard InChI is InChI=1S/C11H13NO3/c1-14-10-3-4-11(15-2)9(7-10)5-6-12-8-13/h3-8H,1-2H3,(H,12,13). The maximum absolute atomic E-state index is 10.1. The number of nitrogens with one attached hydrogen (secondary N) is 1. The first-order valence-corrected chi connectivity index (χ1v) is 4.40. The minimum absolute atomic E-state index is 0.600. The molecule has 0 heterocycles. The molecule has 80 valence electrons. The molecular formula is C11H13NO3. The topological polar surface area (TPSA) is 47.6 Å². The van der Waals surface area contributed by atoms with E-state index in [1.165, 1.54) is 6.20 Å². The summed E-state index contributed by atoms with van der Waals surface area (Å²) in [5.74, 6) is 1.46. The van der Waals surface area contributed by atoms with Gasteiger partial charge in [-0.15, -0.1) is 0 Å². The second-order valence-electron chi connectivity index (χ2n) is 2.73. The third-order valence-corrected chi connectivity index (χ3v) is 1.86. The molecule has 0 saturated heterocycles. The second-order valence-corrected chi connectivity index (χ2v) is 2.73. The SMILES string of the molecule is COc1ccc(OC)c(C=CNC=O)c1. The molecule has 0 radical (unpaired) electrons. The fraction of sp³-hybridized carbons (Fsp3) is 0.182. The van der Waals surface area contributed by atoms with Gasteiger partial charge in [-0.05, 0) is 24.3 Å². The Bertz CT molecular complexity index is 361. The summed E-state index contributed by atoms with van der Waals surface area (Å²) in [6, 6.07) is 5.44. The van der Waals surface area contributed by atoms with Crippen molar-refractivity contribution in [2.45, 2.75) is 0 Å². The molecule has 0 spiro atoms. The molecule has 1 aromatic carbocycles. The Hall–Kier alpha value is -1.97. The zero-order valence-electron chi connectivity index (χ0n) is 8.69. The zero-order valence-corrected chi connectivity index (χ0v) is 8.69. The first-order chi connectivity index (χ1) is 7.31. The number of benzene rings is 1. The van der Waals surface area contributed by atoms with Gasteiger partial charge in [0, 0.05) is 11.8 Å². The summed E-state index contributed by atoms with van der Waals surface area (Å²) in [4.78, 5) is 10.1. The lowest BCUT2D eigenvalue weighted by molar-refractivity contribution is -0.108. The predicted octanol–water partition coefficient (Wildman–Crippen LogP) is 1.42. The van der Waals surface area contributed by atoms with Crippen LogP contribution < -0.4 is 14.8 Å². The summed E-state index contributed by atoms with van der Waals surface area (Å²) in [6.45, 7) is 0. The molecule has 0 aliphatic carbocycles. The lowest BCUT2D eigenvalue weighted by Crippen LogP contribution is -1.98. The summed E-state index contributed by atoms with van der Waals surface area (Å²) < 4.78 is 10.2. The van der Waals surface area contributed by atoms with Gasteiger partial charge < -0.3 is 14.8 Å². The first kappa shape index (κ1) is 11.1. The van der Waals surface area contributed by atoms with E-state index in [1.54, 1.807) is 26.4 Å². The molecule has 0 fully saturated rings. The van der Waals surface area contributed by atoms with Gasteiger partial charge in [-0.3, -0.25) is 4.79 Å². The van der Waals surface area contributed by atoms with E-state index in [9.17, 15) is 4.79 Å². The van der Waals surface area contributed by atoms with Gasteiger partial charge in [0.05, 0.1) is 14.2 Å². The van der Waals surface area contributed by atoms with Crippen LogP contribution in [0.4, 0.5) is 0 Å². The number of hydrogen-bond acceptors (Lipinski definition) is 3. The molecule has 0 aliphatic heterocycles. The molecule has 0 atom stereocenters. The number of amides is 1. The molecule has 0 bridgehead atoms. The van der Waals surface area contributed by atoms with Gasteiger partial charge in [0.1, 0.15) is 11.5 Å². The Balaban J connectivity index is 2.95. The van der Waals surface area contributed by atoms with E-state index in [4.69, 9.17) is 9.47 Å². The Morgan fingerprint density at radius 1 is 1.27 bits per heavy atom. The Kier molecular flexibility index (Phi) is 4.22. The molecule has 4 heteroatoms. The van der Waals surface area contributed by atoms with Crippen molar-refractivity contribution in [3.8, 4) is 11.5 Å². The third kappa shape index (κ3) is 3.02. The molecule has 0 aliphatic rings. The van der Waals surface area contributed by atoms with Gasteiger partial charge in [0.25, 0.3) is 0 Å². The van der Waals surface area contributed by atoms with Gasteiger partial charge in [-0.2, -0.15) is 0 Å². The highest BCUT2D eigenvalue weighted by Crippen LogP contribution is 2.24. The van der Waals surface area contributed by atoms with Gasteiger partial charge in [0.2, 0.25) is 6.41 Å². The number of ether oxygens (including phenoxy) is 2. The number of carbonyl (C=O) groups is 1. The van der Waals surface area contributed by atoms with Crippen molar-refractivity contribution in [3.05, 3.63) is 30.0 Å². The van der Waals surface area contributed by atoms with E-state index in [-0.39, 0.29) is 0 Å². The molecule has 0 unspecified atom stereocenters. The Labute approximate surface area is 88.5 Å². The fourth-order valence-electron chi connectivity index (χ4n) is 1.15. The molecule has 1 rings (SSSR count). The van der Waals surface area contributed by atoms with Crippen LogP contribution >= 0.6 is 0 Å². The smallest absolute Gasteiger partial charge is 0.211 e. The molecule has 1 aromatic rings. The van der Waals surface area contributed by atoms with Crippen molar-refractivity contribution in [3.63, 3.8) is 0 Å². The number of carbonyl (C=O) groups excluding carboxylic acids is 1. The predicted molar refractivity (Wildman–Crippen MR) is 57.8 cm³/mol. The Morgan fingerprint density at radius 3 is 2.67 bits per heavy atom. The molecular weight excluding hydrogens is 194 g/mol. The van der Waals surface area contributed by atoms with Crippen LogP contribution in [0.15, 0.2) is 24.4 Å². The maximum atomic E-state index is 10.1.